The zero-order chi connectivity index (χ0) is 10.6. The fourth-order valence-corrected chi connectivity index (χ4v) is 1.19. The first-order valence-corrected chi connectivity index (χ1v) is 4.63. The zero-order valence-corrected chi connectivity index (χ0v) is 8.50. The van der Waals surface area contributed by atoms with Gasteiger partial charge in [-0.25, -0.2) is 4.39 Å². The van der Waals surface area contributed by atoms with Crippen LogP contribution in [0.1, 0.15) is 25.6 Å². The Morgan fingerprint density at radius 1 is 1.50 bits per heavy atom. The van der Waals surface area contributed by atoms with E-state index in [0.29, 0.717) is 0 Å². The molecule has 3 heteroatoms. The quantitative estimate of drug-likeness (QED) is 0.745. The number of nitrogens with zero attached hydrogens (tertiary/aromatic N) is 1. The summed E-state index contributed by atoms with van der Waals surface area (Å²) >= 11 is 0. The molecule has 1 rings (SSSR count). The van der Waals surface area contributed by atoms with Crippen molar-refractivity contribution < 1.29 is 4.39 Å². The molecule has 1 aromatic heterocycles. The van der Waals surface area contributed by atoms with Gasteiger partial charge in [-0.2, -0.15) is 0 Å². The molecule has 0 saturated carbocycles. The Balaban J connectivity index is 2.64. The van der Waals surface area contributed by atoms with Crippen molar-refractivity contribution in [2.75, 3.05) is 0 Å². The van der Waals surface area contributed by atoms with Crippen molar-refractivity contribution in [3.63, 3.8) is 0 Å². The Hall–Kier alpha value is -1.22. The van der Waals surface area contributed by atoms with E-state index in [2.05, 4.69) is 16.9 Å². The molecule has 1 N–H and O–H groups in total. The minimum Gasteiger partial charge on any atom is -0.303 e. The molecule has 2 unspecified atom stereocenters. The summed E-state index contributed by atoms with van der Waals surface area (Å²) in [4.78, 5) is 3.99. The van der Waals surface area contributed by atoms with E-state index in [-0.39, 0.29) is 17.9 Å². The van der Waals surface area contributed by atoms with Gasteiger partial charge in [-0.05, 0) is 26.0 Å². The lowest BCUT2D eigenvalue weighted by molar-refractivity contribution is 0.523. The number of rotatable bonds is 4. The van der Waals surface area contributed by atoms with Gasteiger partial charge in [0.25, 0.3) is 0 Å². The molecule has 0 aliphatic heterocycles. The highest BCUT2D eigenvalue weighted by molar-refractivity contribution is 5.09. The number of pyridine rings is 1. The molecule has 0 aromatic carbocycles. The van der Waals surface area contributed by atoms with Crippen LogP contribution in [0.5, 0.6) is 0 Å². The van der Waals surface area contributed by atoms with Crippen LogP contribution in [-0.2, 0) is 0 Å². The molecule has 14 heavy (non-hydrogen) atoms. The predicted octanol–water partition coefficient (Wildman–Crippen LogP) is 2.45. The molecule has 2 atom stereocenters. The summed E-state index contributed by atoms with van der Waals surface area (Å²) in [5.41, 5.74) is 0.833. The smallest absolute Gasteiger partial charge is 0.141 e. The van der Waals surface area contributed by atoms with E-state index in [0.717, 1.165) is 5.69 Å². The number of halogens is 1. The van der Waals surface area contributed by atoms with E-state index in [4.69, 9.17) is 0 Å². The minimum absolute atomic E-state index is 0.101. The van der Waals surface area contributed by atoms with Crippen molar-refractivity contribution in [1.29, 1.82) is 0 Å². The van der Waals surface area contributed by atoms with Crippen LogP contribution in [0.25, 0.3) is 0 Å². The molecule has 1 heterocycles. The van der Waals surface area contributed by atoms with E-state index < -0.39 is 0 Å². The normalized spacial score (nSPS) is 14.8. The highest BCUT2D eigenvalue weighted by atomic mass is 19.1. The first-order valence-electron chi connectivity index (χ1n) is 4.63. The van der Waals surface area contributed by atoms with Crippen LogP contribution < -0.4 is 5.32 Å². The summed E-state index contributed by atoms with van der Waals surface area (Å²) in [6.45, 7) is 7.67. The number of hydrogen-bond acceptors (Lipinski definition) is 2. The highest BCUT2D eigenvalue weighted by Gasteiger charge is 2.07. The van der Waals surface area contributed by atoms with Crippen LogP contribution in [0.3, 0.4) is 0 Å². The van der Waals surface area contributed by atoms with Crippen molar-refractivity contribution in [3.8, 4) is 0 Å². The lowest BCUT2D eigenvalue weighted by Crippen LogP contribution is -2.27. The Labute approximate surface area is 83.9 Å². The van der Waals surface area contributed by atoms with Gasteiger partial charge < -0.3 is 5.32 Å². The molecule has 0 aliphatic rings. The summed E-state index contributed by atoms with van der Waals surface area (Å²) in [7, 11) is 0. The topological polar surface area (TPSA) is 24.9 Å². The molecule has 0 bridgehead atoms. The summed E-state index contributed by atoms with van der Waals surface area (Å²) in [6.07, 6.45) is 3.05. The van der Waals surface area contributed by atoms with Crippen LogP contribution in [0, 0.1) is 5.82 Å². The Morgan fingerprint density at radius 3 is 2.71 bits per heavy atom. The Kier molecular flexibility index (Phi) is 3.77. The summed E-state index contributed by atoms with van der Waals surface area (Å²) < 4.78 is 12.6. The van der Waals surface area contributed by atoms with Crippen LogP contribution >= 0.6 is 0 Å². The molecule has 0 amide bonds. The molecule has 0 fully saturated rings. The lowest BCUT2D eigenvalue weighted by Gasteiger charge is -2.16. The van der Waals surface area contributed by atoms with Gasteiger partial charge in [0.15, 0.2) is 0 Å². The molecule has 0 aliphatic carbocycles. The third-order valence-corrected chi connectivity index (χ3v) is 2.06. The minimum atomic E-state index is -0.308. The van der Waals surface area contributed by atoms with Crippen molar-refractivity contribution in [1.82, 2.24) is 10.3 Å². The van der Waals surface area contributed by atoms with Gasteiger partial charge >= 0.3 is 0 Å². The average molecular weight is 194 g/mol. The maximum atomic E-state index is 12.6. The second-order valence-electron chi connectivity index (χ2n) is 3.31. The van der Waals surface area contributed by atoms with Gasteiger partial charge in [-0.3, -0.25) is 4.98 Å². The van der Waals surface area contributed by atoms with Crippen LogP contribution in [0.2, 0.25) is 0 Å². The first kappa shape index (κ1) is 10.9. The third kappa shape index (κ3) is 2.92. The van der Waals surface area contributed by atoms with E-state index in [1.54, 1.807) is 6.07 Å². The molecule has 0 radical (unpaired) electrons. The molecule has 0 saturated heterocycles. The summed E-state index contributed by atoms with van der Waals surface area (Å²) in [5.74, 6) is -0.308. The number of aromatic nitrogens is 1. The standard InChI is InChI=1S/C11H15FN2/c1-4-8(2)14-9(3)11-6-5-10(12)7-13-11/h4-9,14H,1H2,2-3H3. The van der Waals surface area contributed by atoms with Crippen molar-refractivity contribution in [2.45, 2.75) is 25.9 Å². The van der Waals surface area contributed by atoms with Gasteiger partial charge in [0.1, 0.15) is 5.82 Å². The average Bonchev–Trinajstić information content (AvgIpc) is 2.18. The second kappa shape index (κ2) is 4.86. The number of hydrogen-bond donors (Lipinski definition) is 1. The molecular weight excluding hydrogens is 179 g/mol. The summed E-state index contributed by atoms with van der Waals surface area (Å²) in [5, 5.41) is 3.26. The van der Waals surface area contributed by atoms with E-state index in [1.165, 1.54) is 12.3 Å². The van der Waals surface area contributed by atoms with Crippen LogP contribution in [0.15, 0.2) is 31.0 Å². The Morgan fingerprint density at radius 2 is 2.21 bits per heavy atom. The van der Waals surface area contributed by atoms with Crippen LogP contribution in [-0.4, -0.2) is 11.0 Å². The van der Waals surface area contributed by atoms with Gasteiger partial charge in [-0.15, -0.1) is 6.58 Å². The van der Waals surface area contributed by atoms with E-state index >= 15 is 0 Å². The van der Waals surface area contributed by atoms with Gasteiger partial charge in [-0.1, -0.05) is 6.08 Å². The van der Waals surface area contributed by atoms with Crippen LogP contribution in [0.4, 0.5) is 4.39 Å². The fourth-order valence-electron chi connectivity index (χ4n) is 1.19. The van der Waals surface area contributed by atoms with Crippen molar-refractivity contribution >= 4 is 0 Å². The molecule has 2 nitrogen and oxygen atoms in total. The maximum Gasteiger partial charge on any atom is 0.141 e. The monoisotopic (exact) mass is 194 g/mol. The van der Waals surface area contributed by atoms with Gasteiger partial charge in [0, 0.05) is 12.1 Å². The molecule has 0 spiro atoms. The fraction of sp³-hybridized carbons (Fsp3) is 0.364. The SMILES string of the molecule is C=CC(C)NC(C)c1ccc(F)cn1. The number of nitrogens with one attached hydrogen (secondary N) is 1. The van der Waals surface area contributed by atoms with E-state index in [1.807, 2.05) is 19.9 Å². The highest BCUT2D eigenvalue weighted by Crippen LogP contribution is 2.10. The lowest BCUT2D eigenvalue weighted by atomic mass is 10.2. The predicted molar refractivity (Wildman–Crippen MR) is 55.4 cm³/mol. The van der Waals surface area contributed by atoms with E-state index in [9.17, 15) is 4.39 Å². The molecular formula is C11H15FN2. The molecule has 76 valence electrons. The second-order valence-corrected chi connectivity index (χ2v) is 3.31. The summed E-state index contributed by atoms with van der Waals surface area (Å²) in [6, 6.07) is 3.42. The zero-order valence-electron chi connectivity index (χ0n) is 8.50. The Bertz CT molecular complexity index is 295. The third-order valence-electron chi connectivity index (χ3n) is 2.06. The van der Waals surface area contributed by atoms with Crippen molar-refractivity contribution in [2.24, 2.45) is 0 Å². The largest absolute Gasteiger partial charge is 0.303 e. The maximum absolute atomic E-state index is 12.6. The van der Waals surface area contributed by atoms with Gasteiger partial charge in [0.2, 0.25) is 0 Å². The first-order chi connectivity index (χ1) is 6.63. The van der Waals surface area contributed by atoms with Crippen molar-refractivity contribution in [3.05, 3.63) is 42.5 Å². The molecule has 1 aromatic rings. The van der Waals surface area contributed by atoms with Gasteiger partial charge in [0.05, 0.1) is 11.9 Å².